The highest BCUT2D eigenvalue weighted by Crippen LogP contribution is 2.40. The lowest BCUT2D eigenvalue weighted by molar-refractivity contribution is -0.119. The van der Waals surface area contributed by atoms with Crippen LogP contribution in [0.2, 0.25) is 0 Å². The number of hydrogen-bond acceptors (Lipinski definition) is 5. The van der Waals surface area contributed by atoms with Crippen molar-refractivity contribution in [1.29, 1.82) is 0 Å². The van der Waals surface area contributed by atoms with Gasteiger partial charge in [0.05, 0.1) is 16.9 Å². The predicted molar refractivity (Wildman–Crippen MR) is 86.8 cm³/mol. The maximum absolute atomic E-state index is 12.7. The van der Waals surface area contributed by atoms with Crippen molar-refractivity contribution < 1.29 is 4.79 Å². The highest BCUT2D eigenvalue weighted by Gasteiger charge is 2.37. The summed E-state index contributed by atoms with van der Waals surface area (Å²) in [6, 6.07) is 5.94. The Bertz CT molecular complexity index is 699. The second-order valence-electron chi connectivity index (χ2n) is 5.99. The zero-order valence-electron chi connectivity index (χ0n) is 12.7. The van der Waals surface area contributed by atoms with Crippen molar-refractivity contribution in [3.63, 3.8) is 0 Å². The minimum Gasteiger partial charge on any atom is -0.366 e. The van der Waals surface area contributed by atoms with E-state index in [0.29, 0.717) is 6.54 Å². The van der Waals surface area contributed by atoms with Gasteiger partial charge in [0, 0.05) is 18.1 Å². The van der Waals surface area contributed by atoms with Crippen LogP contribution in [0.5, 0.6) is 0 Å². The molecule has 0 saturated heterocycles. The quantitative estimate of drug-likeness (QED) is 0.811. The summed E-state index contributed by atoms with van der Waals surface area (Å²) < 4.78 is 2.43. The lowest BCUT2D eigenvalue weighted by Crippen LogP contribution is -2.56. The van der Waals surface area contributed by atoms with Crippen molar-refractivity contribution >= 4 is 33.2 Å². The molecule has 0 fully saturated rings. The van der Waals surface area contributed by atoms with Crippen molar-refractivity contribution in [2.75, 3.05) is 23.4 Å². The summed E-state index contributed by atoms with van der Waals surface area (Å²) in [6.45, 7) is 4.98. The molecule has 1 aliphatic heterocycles. The third-order valence-electron chi connectivity index (χ3n) is 4.03. The van der Waals surface area contributed by atoms with Crippen molar-refractivity contribution in [2.45, 2.75) is 25.9 Å². The van der Waals surface area contributed by atoms with Gasteiger partial charge in [0.15, 0.2) is 0 Å². The van der Waals surface area contributed by atoms with E-state index < -0.39 is 0 Å². The molecular weight excluding hydrogens is 348 g/mol. The van der Waals surface area contributed by atoms with Crippen LogP contribution in [0, 0.1) is 0 Å². The molecule has 7 nitrogen and oxygen atoms in total. The van der Waals surface area contributed by atoms with E-state index in [-0.39, 0.29) is 18.0 Å². The Morgan fingerprint density at radius 3 is 2.82 bits per heavy atom. The van der Waals surface area contributed by atoms with Crippen molar-refractivity contribution in [3.8, 4) is 0 Å². The molecule has 2 aromatic rings. The van der Waals surface area contributed by atoms with Gasteiger partial charge in [-0.1, -0.05) is 15.9 Å². The molecule has 116 valence electrons. The number of rotatable bonds is 2. The molecule has 0 N–H and O–H groups in total. The van der Waals surface area contributed by atoms with Gasteiger partial charge in [-0.25, -0.2) is 4.68 Å². The number of carbonyl (C=O) groups excluding carboxylic acids is 1. The molecule has 0 atom stereocenters. The summed E-state index contributed by atoms with van der Waals surface area (Å²) in [4.78, 5) is 16.7. The van der Waals surface area contributed by atoms with Crippen LogP contribution in [0.25, 0.3) is 0 Å². The summed E-state index contributed by atoms with van der Waals surface area (Å²) in [5.41, 5.74) is 1.77. The first-order valence-corrected chi connectivity index (χ1v) is 7.72. The molecule has 8 heteroatoms. The van der Waals surface area contributed by atoms with E-state index in [1.165, 1.54) is 11.0 Å². The number of fused-ring (bicyclic) bond motifs is 1. The number of halogens is 1. The van der Waals surface area contributed by atoms with Gasteiger partial charge in [-0.15, -0.1) is 5.10 Å². The Hall–Kier alpha value is -1.96. The Balaban J connectivity index is 1.98. The van der Waals surface area contributed by atoms with E-state index in [4.69, 9.17) is 0 Å². The van der Waals surface area contributed by atoms with E-state index in [2.05, 4.69) is 57.3 Å². The van der Waals surface area contributed by atoms with Crippen LogP contribution in [0.4, 0.5) is 11.4 Å². The predicted octanol–water partition coefficient (Wildman–Crippen LogP) is 1.70. The molecule has 1 aliphatic rings. The van der Waals surface area contributed by atoms with Crippen LogP contribution in [0.15, 0.2) is 29.0 Å². The summed E-state index contributed by atoms with van der Waals surface area (Å²) in [5, 5.41) is 10.9. The number of likely N-dealkylation sites (N-methyl/N-ethyl adjacent to an activating group) is 1. The van der Waals surface area contributed by atoms with Gasteiger partial charge in [-0.05, 0) is 42.5 Å². The normalized spacial score (nSPS) is 16.5. The molecule has 0 saturated carbocycles. The van der Waals surface area contributed by atoms with Crippen molar-refractivity contribution in [2.24, 2.45) is 0 Å². The molecule has 0 bridgehead atoms. The average molecular weight is 365 g/mol. The molecule has 1 aromatic heterocycles. The number of nitrogens with zero attached hydrogens (tertiary/aromatic N) is 6. The highest BCUT2D eigenvalue weighted by molar-refractivity contribution is 9.10. The van der Waals surface area contributed by atoms with Crippen LogP contribution in [0.3, 0.4) is 0 Å². The molecule has 1 amide bonds. The standard InChI is InChI=1S/C14H17BrN6O/c1-14(2)8-21(13(22)7-20-9-16-17-18-20)11-5-4-10(15)6-12(11)19(14)3/h4-6,9H,7-8H2,1-3H3. The maximum atomic E-state index is 12.7. The van der Waals surface area contributed by atoms with E-state index >= 15 is 0 Å². The first-order chi connectivity index (χ1) is 10.4. The second-order valence-corrected chi connectivity index (χ2v) is 6.91. The monoisotopic (exact) mass is 364 g/mol. The van der Waals surface area contributed by atoms with E-state index in [0.717, 1.165) is 15.8 Å². The zero-order chi connectivity index (χ0) is 15.9. The Morgan fingerprint density at radius 2 is 2.14 bits per heavy atom. The molecule has 0 radical (unpaired) electrons. The van der Waals surface area contributed by atoms with Crippen molar-refractivity contribution in [1.82, 2.24) is 20.2 Å². The fourth-order valence-corrected chi connectivity index (χ4v) is 2.95. The minimum atomic E-state index is -0.163. The number of benzene rings is 1. The smallest absolute Gasteiger partial charge is 0.248 e. The Morgan fingerprint density at radius 1 is 1.36 bits per heavy atom. The van der Waals surface area contributed by atoms with Gasteiger partial charge in [0.25, 0.3) is 0 Å². The van der Waals surface area contributed by atoms with Crippen molar-refractivity contribution in [3.05, 3.63) is 29.0 Å². The molecule has 0 spiro atoms. The second kappa shape index (κ2) is 5.35. The maximum Gasteiger partial charge on any atom is 0.248 e. The number of hydrogen-bond donors (Lipinski definition) is 0. The first kappa shape index (κ1) is 15.0. The Labute approximate surface area is 137 Å². The number of carbonyl (C=O) groups is 1. The van der Waals surface area contributed by atoms with Crippen LogP contribution < -0.4 is 9.80 Å². The first-order valence-electron chi connectivity index (χ1n) is 6.93. The molecular formula is C14H17BrN6O. The third-order valence-corrected chi connectivity index (χ3v) is 4.53. The minimum absolute atomic E-state index is 0.0305. The Kier molecular flexibility index (Phi) is 3.64. The van der Waals surface area contributed by atoms with Gasteiger partial charge in [0.2, 0.25) is 5.91 Å². The van der Waals surface area contributed by atoms with Gasteiger partial charge < -0.3 is 9.80 Å². The van der Waals surface area contributed by atoms with E-state index in [1.807, 2.05) is 23.1 Å². The zero-order valence-corrected chi connectivity index (χ0v) is 14.3. The lowest BCUT2D eigenvalue weighted by Gasteiger charge is -2.47. The number of aromatic nitrogens is 4. The fourth-order valence-electron chi connectivity index (χ4n) is 2.60. The molecule has 22 heavy (non-hydrogen) atoms. The third kappa shape index (κ3) is 2.58. The van der Waals surface area contributed by atoms with E-state index in [9.17, 15) is 4.79 Å². The molecule has 0 unspecified atom stereocenters. The molecule has 3 rings (SSSR count). The SMILES string of the molecule is CN1c2cc(Br)ccc2N(C(=O)Cn2cnnn2)CC1(C)C. The van der Waals surface area contributed by atoms with Crippen LogP contribution in [0.1, 0.15) is 13.8 Å². The van der Waals surface area contributed by atoms with Gasteiger partial charge in [0.1, 0.15) is 12.9 Å². The lowest BCUT2D eigenvalue weighted by atomic mass is 9.96. The van der Waals surface area contributed by atoms with Gasteiger partial charge >= 0.3 is 0 Å². The van der Waals surface area contributed by atoms with Gasteiger partial charge in [-0.2, -0.15) is 0 Å². The summed E-state index contributed by atoms with van der Waals surface area (Å²) in [5.74, 6) is -0.0305. The highest BCUT2D eigenvalue weighted by atomic mass is 79.9. The number of anilines is 2. The molecule has 2 heterocycles. The van der Waals surface area contributed by atoms with E-state index in [1.54, 1.807) is 0 Å². The number of tetrazole rings is 1. The topological polar surface area (TPSA) is 67.2 Å². The van der Waals surface area contributed by atoms with Crippen LogP contribution in [-0.2, 0) is 11.3 Å². The fraction of sp³-hybridized carbons (Fsp3) is 0.429. The van der Waals surface area contributed by atoms with Gasteiger partial charge in [-0.3, -0.25) is 4.79 Å². The van der Waals surface area contributed by atoms with Crippen LogP contribution in [-0.4, -0.2) is 45.2 Å². The van der Waals surface area contributed by atoms with Crippen LogP contribution >= 0.6 is 15.9 Å². The molecule has 1 aromatic carbocycles. The average Bonchev–Trinajstić information content (AvgIpc) is 2.96. The summed E-state index contributed by atoms with van der Waals surface area (Å²) in [6.07, 6.45) is 1.45. The number of amides is 1. The largest absolute Gasteiger partial charge is 0.366 e. The summed E-state index contributed by atoms with van der Waals surface area (Å²) in [7, 11) is 2.05. The molecule has 0 aliphatic carbocycles. The summed E-state index contributed by atoms with van der Waals surface area (Å²) >= 11 is 3.50.